The van der Waals surface area contributed by atoms with E-state index >= 15 is 0 Å². The van der Waals surface area contributed by atoms with E-state index in [1.165, 1.54) is 64.2 Å². The molecule has 1 aliphatic carbocycles. The molecule has 2 unspecified atom stereocenters. The van der Waals surface area contributed by atoms with Crippen LogP contribution in [0.3, 0.4) is 0 Å². The molecular formula is C22H44. The molecular weight excluding hydrogens is 264 g/mol. The fraction of sp³-hybridized carbons (Fsp3) is 1.00. The summed E-state index contributed by atoms with van der Waals surface area (Å²) in [6.07, 6.45) is 14.7. The smallest absolute Gasteiger partial charge is 0.0388 e. The van der Waals surface area contributed by atoms with Crippen molar-refractivity contribution in [3.8, 4) is 0 Å². The highest BCUT2D eigenvalue weighted by atomic mass is 14.3. The third kappa shape index (κ3) is 8.02. The van der Waals surface area contributed by atoms with Crippen LogP contribution in [0.2, 0.25) is 0 Å². The van der Waals surface area contributed by atoms with Crippen LogP contribution in [0.15, 0.2) is 0 Å². The molecule has 0 N–H and O–H groups in total. The first-order valence-corrected chi connectivity index (χ1v) is 10.4. The van der Waals surface area contributed by atoms with Crippen LogP contribution >= 0.6 is 0 Å². The second-order valence-electron chi connectivity index (χ2n) is 9.28. The summed E-state index contributed by atoms with van der Waals surface area (Å²) in [4.78, 5) is 0. The first-order valence-electron chi connectivity index (χ1n) is 10.4. The van der Waals surface area contributed by atoms with E-state index in [2.05, 4.69) is 41.5 Å². The van der Waals surface area contributed by atoms with Crippen LogP contribution in [-0.4, -0.2) is 0 Å². The Morgan fingerprint density at radius 1 is 0.545 bits per heavy atom. The van der Waals surface area contributed by atoms with Gasteiger partial charge in [0, 0.05) is 0 Å². The molecule has 0 heterocycles. The molecule has 0 nitrogen and oxygen atoms in total. The summed E-state index contributed by atoms with van der Waals surface area (Å²) in [5.41, 5.74) is 0. The van der Waals surface area contributed by atoms with Gasteiger partial charge in [-0.1, -0.05) is 80.1 Å². The van der Waals surface area contributed by atoms with Crippen molar-refractivity contribution < 1.29 is 0 Å². The molecule has 1 rings (SSSR count). The van der Waals surface area contributed by atoms with Gasteiger partial charge in [-0.15, -0.1) is 0 Å². The lowest BCUT2D eigenvalue weighted by atomic mass is 9.71. The lowest BCUT2D eigenvalue weighted by Crippen LogP contribution is -2.24. The SMILES string of the molecule is CC(C)CCCC(C)C1CCC(C(C)CCCC(C)C)CC1. The largest absolute Gasteiger partial charge is 0.0628 e. The average molecular weight is 309 g/mol. The highest BCUT2D eigenvalue weighted by molar-refractivity contribution is 4.79. The van der Waals surface area contributed by atoms with E-state index in [1.807, 2.05) is 0 Å². The summed E-state index contributed by atoms with van der Waals surface area (Å²) in [7, 11) is 0. The number of hydrogen-bond acceptors (Lipinski definition) is 0. The normalized spacial score (nSPS) is 25.6. The van der Waals surface area contributed by atoms with E-state index in [4.69, 9.17) is 0 Å². The fourth-order valence-corrected chi connectivity index (χ4v) is 4.45. The van der Waals surface area contributed by atoms with Crippen LogP contribution in [-0.2, 0) is 0 Å². The van der Waals surface area contributed by atoms with Crippen LogP contribution in [0.1, 0.15) is 106 Å². The maximum absolute atomic E-state index is 2.53. The Morgan fingerprint density at radius 2 is 0.864 bits per heavy atom. The third-order valence-corrected chi connectivity index (χ3v) is 6.31. The summed E-state index contributed by atoms with van der Waals surface area (Å²) in [5.74, 6) is 5.77. The van der Waals surface area contributed by atoms with Crippen molar-refractivity contribution in [1.82, 2.24) is 0 Å². The lowest BCUT2D eigenvalue weighted by molar-refractivity contribution is 0.162. The average Bonchev–Trinajstić information content (AvgIpc) is 2.46. The Balaban J connectivity index is 2.19. The van der Waals surface area contributed by atoms with Gasteiger partial charge in [-0.2, -0.15) is 0 Å². The molecule has 2 atom stereocenters. The van der Waals surface area contributed by atoms with Crippen molar-refractivity contribution in [2.75, 3.05) is 0 Å². The maximum atomic E-state index is 2.53. The zero-order valence-corrected chi connectivity index (χ0v) is 16.5. The standard InChI is InChI=1S/C22H44/c1-17(2)9-7-11-19(5)21-13-15-22(16-14-21)20(6)12-8-10-18(3)4/h17-22H,7-16H2,1-6H3. The Kier molecular flexibility index (Phi) is 9.76. The topological polar surface area (TPSA) is 0 Å². The van der Waals surface area contributed by atoms with Crippen LogP contribution in [0.4, 0.5) is 0 Å². The first kappa shape index (κ1) is 20.0. The van der Waals surface area contributed by atoms with Crippen LogP contribution in [0.25, 0.3) is 0 Å². The lowest BCUT2D eigenvalue weighted by Gasteiger charge is -2.35. The van der Waals surface area contributed by atoms with Crippen molar-refractivity contribution >= 4 is 0 Å². The minimum absolute atomic E-state index is 0.884. The van der Waals surface area contributed by atoms with Crippen molar-refractivity contribution in [3.05, 3.63) is 0 Å². The van der Waals surface area contributed by atoms with Crippen LogP contribution in [0.5, 0.6) is 0 Å². The molecule has 0 bridgehead atoms. The fourth-order valence-electron chi connectivity index (χ4n) is 4.45. The van der Waals surface area contributed by atoms with Gasteiger partial charge in [0.05, 0.1) is 0 Å². The van der Waals surface area contributed by atoms with Gasteiger partial charge in [-0.3, -0.25) is 0 Å². The molecule has 0 aromatic heterocycles. The molecule has 132 valence electrons. The van der Waals surface area contributed by atoms with Crippen LogP contribution < -0.4 is 0 Å². The summed E-state index contributed by atoms with van der Waals surface area (Å²) >= 11 is 0. The highest BCUT2D eigenvalue weighted by Crippen LogP contribution is 2.39. The highest BCUT2D eigenvalue weighted by Gasteiger charge is 2.27. The molecule has 22 heavy (non-hydrogen) atoms. The predicted molar refractivity (Wildman–Crippen MR) is 101 cm³/mol. The summed E-state index contributed by atoms with van der Waals surface area (Å²) in [5, 5.41) is 0. The maximum Gasteiger partial charge on any atom is -0.0388 e. The predicted octanol–water partition coefficient (Wildman–Crippen LogP) is 7.72. The van der Waals surface area contributed by atoms with E-state index in [-0.39, 0.29) is 0 Å². The number of hydrogen-bond donors (Lipinski definition) is 0. The third-order valence-electron chi connectivity index (χ3n) is 6.31. The van der Waals surface area contributed by atoms with Crippen molar-refractivity contribution in [1.29, 1.82) is 0 Å². The molecule has 1 fully saturated rings. The minimum atomic E-state index is 0.884. The molecule has 0 radical (unpaired) electrons. The Morgan fingerprint density at radius 3 is 1.14 bits per heavy atom. The van der Waals surface area contributed by atoms with Gasteiger partial charge in [0.15, 0.2) is 0 Å². The zero-order valence-electron chi connectivity index (χ0n) is 16.5. The van der Waals surface area contributed by atoms with Gasteiger partial charge in [-0.25, -0.2) is 0 Å². The molecule has 0 spiro atoms. The Labute approximate surface area is 141 Å². The quantitative estimate of drug-likeness (QED) is 0.387. The zero-order chi connectivity index (χ0) is 16.5. The first-order chi connectivity index (χ1) is 10.4. The monoisotopic (exact) mass is 308 g/mol. The molecule has 0 aliphatic heterocycles. The molecule has 0 saturated heterocycles. The van der Waals surface area contributed by atoms with Crippen LogP contribution in [0, 0.1) is 35.5 Å². The molecule has 1 aliphatic rings. The van der Waals surface area contributed by atoms with Crippen molar-refractivity contribution in [3.63, 3.8) is 0 Å². The van der Waals surface area contributed by atoms with E-state index in [0.717, 1.165) is 35.5 Å². The molecule has 1 saturated carbocycles. The summed E-state index contributed by atoms with van der Waals surface area (Å²) < 4.78 is 0. The summed E-state index contributed by atoms with van der Waals surface area (Å²) in [6, 6.07) is 0. The molecule has 0 heteroatoms. The minimum Gasteiger partial charge on any atom is -0.0628 e. The van der Waals surface area contributed by atoms with E-state index in [0.29, 0.717) is 0 Å². The second kappa shape index (κ2) is 10.7. The Hall–Kier alpha value is 0. The van der Waals surface area contributed by atoms with Gasteiger partial charge in [-0.05, 0) is 61.2 Å². The van der Waals surface area contributed by atoms with Crippen molar-refractivity contribution in [2.24, 2.45) is 35.5 Å². The Bertz CT molecular complexity index is 229. The van der Waals surface area contributed by atoms with Crippen molar-refractivity contribution in [2.45, 2.75) is 106 Å². The van der Waals surface area contributed by atoms with Gasteiger partial charge in [0.2, 0.25) is 0 Å². The van der Waals surface area contributed by atoms with Gasteiger partial charge >= 0.3 is 0 Å². The molecule has 0 aromatic rings. The van der Waals surface area contributed by atoms with Gasteiger partial charge in [0.25, 0.3) is 0 Å². The van der Waals surface area contributed by atoms with E-state index in [9.17, 15) is 0 Å². The molecule has 0 aromatic carbocycles. The second-order valence-corrected chi connectivity index (χ2v) is 9.28. The summed E-state index contributed by atoms with van der Waals surface area (Å²) in [6.45, 7) is 14.5. The van der Waals surface area contributed by atoms with Gasteiger partial charge < -0.3 is 0 Å². The van der Waals surface area contributed by atoms with Gasteiger partial charge in [0.1, 0.15) is 0 Å². The van der Waals surface area contributed by atoms with E-state index < -0.39 is 0 Å². The number of rotatable bonds is 10. The van der Waals surface area contributed by atoms with E-state index in [1.54, 1.807) is 0 Å². The molecule has 0 amide bonds.